The molecule has 8 nitrogen and oxygen atoms in total. The van der Waals surface area contributed by atoms with Crippen molar-refractivity contribution < 1.29 is 18.3 Å². The summed E-state index contributed by atoms with van der Waals surface area (Å²) in [6, 6.07) is 3.10. The number of carbonyl (C=O) groups is 1. The molecule has 2 rings (SSSR count). The lowest BCUT2D eigenvalue weighted by molar-refractivity contribution is 0.117. The van der Waals surface area contributed by atoms with Crippen molar-refractivity contribution in [2.75, 3.05) is 25.0 Å². The molecule has 1 atom stereocenters. The lowest BCUT2D eigenvalue weighted by atomic mass is 9.93. The zero-order valence-electron chi connectivity index (χ0n) is 15.6. The van der Waals surface area contributed by atoms with Crippen LogP contribution < -0.4 is 10.0 Å². The van der Waals surface area contributed by atoms with Gasteiger partial charge in [-0.15, -0.1) is 0 Å². The topological polar surface area (TPSA) is 117 Å². The summed E-state index contributed by atoms with van der Waals surface area (Å²) in [7, 11) is -1.82. The van der Waals surface area contributed by atoms with Gasteiger partial charge in [0.1, 0.15) is 10.7 Å². The van der Waals surface area contributed by atoms with Crippen LogP contribution in [0.1, 0.15) is 39.5 Å². The Morgan fingerprint density at radius 1 is 1.42 bits per heavy atom. The smallest absolute Gasteiger partial charge is 0.407 e. The third-order valence-electron chi connectivity index (χ3n) is 4.99. The first-order chi connectivity index (χ1) is 12.0. The van der Waals surface area contributed by atoms with Crippen LogP contribution in [0.25, 0.3) is 0 Å². The molecule has 3 N–H and O–H groups in total. The molecule has 0 radical (unpaired) electrons. The first-order valence-electron chi connectivity index (χ1n) is 8.71. The van der Waals surface area contributed by atoms with E-state index >= 15 is 0 Å². The number of hydrogen-bond acceptors (Lipinski definition) is 5. The van der Waals surface area contributed by atoms with Crippen LogP contribution in [0, 0.1) is 5.92 Å². The molecular weight excluding hydrogens is 356 g/mol. The van der Waals surface area contributed by atoms with Crippen LogP contribution in [0.2, 0.25) is 0 Å². The van der Waals surface area contributed by atoms with E-state index in [-0.39, 0.29) is 10.4 Å². The summed E-state index contributed by atoms with van der Waals surface area (Å²) >= 11 is 0. The van der Waals surface area contributed by atoms with Crippen LogP contribution in [-0.4, -0.2) is 55.2 Å². The van der Waals surface area contributed by atoms with Crippen molar-refractivity contribution >= 4 is 21.9 Å². The van der Waals surface area contributed by atoms with E-state index in [1.54, 1.807) is 11.0 Å². The first-order valence-corrected chi connectivity index (χ1v) is 10.3. The Hall–Kier alpha value is -1.87. The van der Waals surface area contributed by atoms with Gasteiger partial charge in [0.15, 0.2) is 0 Å². The van der Waals surface area contributed by atoms with Crippen molar-refractivity contribution in [1.29, 1.82) is 0 Å². The standard InChI is InChI=1S/C17H28N4O4S/c1-17(2)10-13(12-21(17)16(22)23)6-4-5-9-20(3)15-8-7-14(11-19-15)26(18,24)25/h7-8,11,13H,4-6,9-10,12H2,1-3H3,(H,22,23)(H2,18,24,25)/t13-/m0/s1. The Labute approximate surface area is 155 Å². The van der Waals surface area contributed by atoms with Crippen LogP contribution in [0.4, 0.5) is 10.6 Å². The Kier molecular flexibility index (Phi) is 6.13. The largest absolute Gasteiger partial charge is 0.465 e. The molecule has 0 unspecified atom stereocenters. The molecule has 9 heteroatoms. The molecule has 2 heterocycles. The van der Waals surface area contributed by atoms with E-state index in [1.807, 2.05) is 25.8 Å². The molecule has 1 amide bonds. The van der Waals surface area contributed by atoms with Crippen molar-refractivity contribution in [3.8, 4) is 0 Å². The van der Waals surface area contributed by atoms with Crippen LogP contribution in [-0.2, 0) is 10.0 Å². The number of likely N-dealkylation sites (tertiary alicyclic amines) is 1. The highest BCUT2D eigenvalue weighted by molar-refractivity contribution is 7.89. The van der Waals surface area contributed by atoms with E-state index in [4.69, 9.17) is 5.14 Å². The molecule has 26 heavy (non-hydrogen) atoms. The highest BCUT2D eigenvalue weighted by atomic mass is 32.2. The number of unbranched alkanes of at least 4 members (excludes halogenated alkanes) is 1. The number of nitrogens with two attached hydrogens (primary N) is 1. The number of hydrogen-bond donors (Lipinski definition) is 2. The van der Waals surface area contributed by atoms with E-state index in [1.165, 1.54) is 12.3 Å². The fraction of sp³-hybridized carbons (Fsp3) is 0.647. The van der Waals surface area contributed by atoms with E-state index in [0.717, 1.165) is 32.2 Å². The fourth-order valence-corrected chi connectivity index (χ4v) is 4.04. The molecule has 1 aliphatic rings. The van der Waals surface area contributed by atoms with Gasteiger partial charge in [0, 0.05) is 31.9 Å². The van der Waals surface area contributed by atoms with Gasteiger partial charge >= 0.3 is 6.09 Å². The molecule has 0 bridgehead atoms. The minimum absolute atomic E-state index is 0.00137. The summed E-state index contributed by atoms with van der Waals surface area (Å²) in [5.74, 6) is 1.09. The molecular formula is C17H28N4O4S. The lowest BCUT2D eigenvalue weighted by Crippen LogP contribution is -2.41. The Morgan fingerprint density at radius 2 is 2.12 bits per heavy atom. The molecule has 0 aromatic carbocycles. The summed E-state index contributed by atoms with van der Waals surface area (Å²) in [6.07, 6.45) is 4.28. The van der Waals surface area contributed by atoms with Crippen LogP contribution >= 0.6 is 0 Å². The molecule has 0 aliphatic carbocycles. The maximum absolute atomic E-state index is 11.3. The van der Waals surface area contributed by atoms with Gasteiger partial charge in [0.25, 0.3) is 0 Å². The molecule has 146 valence electrons. The van der Waals surface area contributed by atoms with E-state index < -0.39 is 16.1 Å². The summed E-state index contributed by atoms with van der Waals surface area (Å²) in [5.41, 5.74) is -0.289. The minimum atomic E-state index is -3.72. The maximum atomic E-state index is 11.3. The van der Waals surface area contributed by atoms with Crippen molar-refractivity contribution in [1.82, 2.24) is 9.88 Å². The SMILES string of the molecule is CN(CCCC[C@@H]1CN(C(=O)O)C(C)(C)C1)c1ccc(S(N)(=O)=O)cn1. The number of nitrogens with zero attached hydrogens (tertiary/aromatic N) is 3. The van der Waals surface area contributed by atoms with Gasteiger partial charge in [-0.3, -0.25) is 0 Å². The molecule has 0 saturated carbocycles. The van der Waals surface area contributed by atoms with Gasteiger partial charge in [-0.25, -0.2) is 23.3 Å². The van der Waals surface area contributed by atoms with Crippen LogP contribution in [0.15, 0.2) is 23.2 Å². The fourth-order valence-electron chi connectivity index (χ4n) is 3.58. The Morgan fingerprint density at radius 3 is 2.62 bits per heavy atom. The summed E-state index contributed by atoms with van der Waals surface area (Å²) in [4.78, 5) is 18.9. The van der Waals surface area contributed by atoms with E-state index in [0.29, 0.717) is 18.3 Å². The summed E-state index contributed by atoms with van der Waals surface area (Å²) in [5, 5.41) is 14.3. The molecule has 1 aromatic heterocycles. The third kappa shape index (κ3) is 5.07. The highest BCUT2D eigenvalue weighted by Gasteiger charge is 2.40. The number of sulfonamides is 1. The average molecular weight is 385 g/mol. The predicted molar refractivity (Wildman–Crippen MR) is 99.6 cm³/mol. The van der Waals surface area contributed by atoms with Gasteiger partial charge in [0.05, 0.1) is 0 Å². The zero-order valence-corrected chi connectivity index (χ0v) is 16.4. The summed E-state index contributed by atoms with van der Waals surface area (Å²) < 4.78 is 22.5. The monoisotopic (exact) mass is 384 g/mol. The molecule has 1 aliphatic heterocycles. The lowest BCUT2D eigenvalue weighted by Gasteiger charge is -2.28. The average Bonchev–Trinajstić information content (AvgIpc) is 2.85. The van der Waals surface area contributed by atoms with Gasteiger partial charge < -0.3 is 14.9 Å². The van der Waals surface area contributed by atoms with Crippen molar-refractivity contribution in [3.63, 3.8) is 0 Å². The maximum Gasteiger partial charge on any atom is 0.407 e. The van der Waals surface area contributed by atoms with Crippen molar-refractivity contribution in [2.24, 2.45) is 11.1 Å². The second-order valence-electron chi connectivity index (χ2n) is 7.59. The van der Waals surface area contributed by atoms with Crippen molar-refractivity contribution in [3.05, 3.63) is 18.3 Å². The van der Waals surface area contributed by atoms with E-state index in [9.17, 15) is 18.3 Å². The second kappa shape index (κ2) is 7.79. The van der Waals surface area contributed by atoms with Gasteiger partial charge in [-0.2, -0.15) is 0 Å². The quantitative estimate of drug-likeness (QED) is 0.696. The minimum Gasteiger partial charge on any atom is -0.465 e. The second-order valence-corrected chi connectivity index (χ2v) is 9.15. The Balaban J connectivity index is 1.77. The summed E-state index contributed by atoms with van der Waals surface area (Å²) in [6.45, 7) is 5.35. The number of anilines is 1. The number of pyridine rings is 1. The normalized spacial score (nSPS) is 19.5. The van der Waals surface area contributed by atoms with Gasteiger partial charge in [-0.1, -0.05) is 6.42 Å². The van der Waals surface area contributed by atoms with Gasteiger partial charge in [-0.05, 0) is 51.2 Å². The number of aromatic nitrogens is 1. The molecule has 1 aromatic rings. The number of primary sulfonamides is 1. The molecule has 1 fully saturated rings. The number of amides is 1. The number of rotatable bonds is 7. The predicted octanol–water partition coefficient (Wildman–Crippen LogP) is 2.11. The first kappa shape index (κ1) is 20.4. The van der Waals surface area contributed by atoms with Crippen LogP contribution in [0.5, 0.6) is 0 Å². The van der Waals surface area contributed by atoms with Crippen LogP contribution in [0.3, 0.4) is 0 Å². The van der Waals surface area contributed by atoms with Crippen molar-refractivity contribution in [2.45, 2.75) is 50.0 Å². The Bertz CT molecular complexity index is 734. The molecule has 1 saturated heterocycles. The number of carboxylic acid groups (broad SMARTS) is 1. The van der Waals surface area contributed by atoms with Gasteiger partial charge in [0.2, 0.25) is 10.0 Å². The molecule has 0 spiro atoms. The third-order valence-corrected chi connectivity index (χ3v) is 5.89. The van der Waals surface area contributed by atoms with E-state index in [2.05, 4.69) is 4.98 Å². The zero-order chi connectivity index (χ0) is 19.5. The highest BCUT2D eigenvalue weighted by Crippen LogP contribution is 2.35.